The third-order valence-corrected chi connectivity index (χ3v) is 21.1. The number of benzene rings is 9. The summed E-state index contributed by atoms with van der Waals surface area (Å²) in [5.74, 6) is 0. The van der Waals surface area contributed by atoms with Gasteiger partial charge in [-0.3, -0.25) is 0 Å². The van der Waals surface area contributed by atoms with Gasteiger partial charge in [-0.25, -0.2) is 0 Å². The van der Waals surface area contributed by atoms with Crippen LogP contribution in [0.3, 0.4) is 0 Å². The van der Waals surface area contributed by atoms with Gasteiger partial charge in [-0.15, -0.1) is 0 Å². The van der Waals surface area contributed by atoms with Crippen LogP contribution < -0.4 is 15.6 Å². The number of rotatable bonds is 10. The lowest BCUT2D eigenvalue weighted by Crippen LogP contribution is -2.74. The lowest BCUT2D eigenvalue weighted by Gasteiger charge is -2.49. The van der Waals surface area contributed by atoms with Gasteiger partial charge < -0.3 is 0 Å². The van der Waals surface area contributed by atoms with E-state index in [0.29, 0.717) is 0 Å². The monoisotopic (exact) mass is 878 g/mol. The van der Waals surface area contributed by atoms with Crippen LogP contribution in [-0.4, -0.2) is 8.07 Å². The van der Waals surface area contributed by atoms with Gasteiger partial charge in [0.05, 0.1) is 0 Å². The molecular weight excluding hydrogens is 821 g/mol. The fraction of sp³-hybridized carbons (Fsp3) is 0.121. The molecular formula is C66H58Si. The van der Waals surface area contributed by atoms with Crippen molar-refractivity contribution in [1.29, 1.82) is 0 Å². The molecule has 1 atom stereocenters. The van der Waals surface area contributed by atoms with Gasteiger partial charge in [-0.2, -0.15) is 0 Å². The topological polar surface area (TPSA) is 0 Å². The summed E-state index contributed by atoms with van der Waals surface area (Å²) in [6.45, 7) is 16.9. The van der Waals surface area contributed by atoms with Crippen LogP contribution in [0.25, 0.3) is 66.8 Å². The number of hydrogen-bond acceptors (Lipinski definition) is 0. The molecule has 0 spiro atoms. The summed E-state index contributed by atoms with van der Waals surface area (Å²) in [7, 11) is -3.39. The summed E-state index contributed by atoms with van der Waals surface area (Å²) >= 11 is 0. The Morgan fingerprint density at radius 2 is 0.522 bits per heavy atom. The SMILES string of the molecule is CC1=CC(C)([Si](c2cc(-c3ccccc3)c(-c3ccccc3)cc2C)(c2cc(-c3ccccc3)c(-c3ccccc3)cc2C)c2cc(-c3ccccc3)c(-c3ccccc3)cc2C)C(C)=C1C. The Labute approximate surface area is 399 Å². The van der Waals surface area contributed by atoms with E-state index in [4.69, 9.17) is 0 Å². The summed E-state index contributed by atoms with van der Waals surface area (Å²) < 4.78 is 0. The Balaban J connectivity index is 1.45. The average Bonchev–Trinajstić information content (AvgIpc) is 3.58. The van der Waals surface area contributed by atoms with Gasteiger partial charge >= 0.3 is 0 Å². The van der Waals surface area contributed by atoms with Crippen molar-refractivity contribution < 1.29 is 0 Å². The largest absolute Gasteiger partial charge is 0.162 e. The molecule has 0 saturated carbocycles. The normalized spacial score (nSPS) is 14.9. The van der Waals surface area contributed by atoms with E-state index in [1.54, 1.807) is 0 Å². The first kappa shape index (κ1) is 43.6. The zero-order valence-electron chi connectivity index (χ0n) is 39.9. The molecule has 10 rings (SSSR count). The highest BCUT2D eigenvalue weighted by Gasteiger charge is 2.58. The fourth-order valence-corrected chi connectivity index (χ4v) is 18.3. The van der Waals surface area contributed by atoms with Gasteiger partial charge in [0.2, 0.25) is 0 Å². The molecule has 0 radical (unpaired) electrons. The van der Waals surface area contributed by atoms with Gasteiger partial charge in [0.1, 0.15) is 0 Å². The van der Waals surface area contributed by atoms with E-state index >= 15 is 0 Å². The van der Waals surface area contributed by atoms with E-state index in [9.17, 15) is 0 Å². The molecule has 1 heteroatoms. The molecule has 0 saturated heterocycles. The molecule has 0 bridgehead atoms. The molecule has 1 aliphatic carbocycles. The maximum absolute atomic E-state index is 3.39. The molecule has 0 amide bonds. The predicted molar refractivity (Wildman–Crippen MR) is 291 cm³/mol. The second-order valence-corrected chi connectivity index (χ2v) is 23.0. The first-order valence-electron chi connectivity index (χ1n) is 23.8. The molecule has 67 heavy (non-hydrogen) atoms. The summed E-state index contributed by atoms with van der Waals surface area (Å²) in [5, 5.41) is 3.94. The minimum atomic E-state index is -3.39. The van der Waals surface area contributed by atoms with Crippen LogP contribution in [0.15, 0.2) is 241 Å². The molecule has 326 valence electrons. The molecule has 0 aromatic heterocycles. The quantitative estimate of drug-likeness (QED) is 0.0948. The Bertz CT molecular complexity index is 2990. The van der Waals surface area contributed by atoms with Crippen molar-refractivity contribution in [2.75, 3.05) is 0 Å². The molecule has 1 unspecified atom stereocenters. The predicted octanol–water partition coefficient (Wildman–Crippen LogP) is 16.1. The highest BCUT2D eigenvalue weighted by molar-refractivity contribution is 7.15. The van der Waals surface area contributed by atoms with Crippen LogP contribution in [-0.2, 0) is 0 Å². The van der Waals surface area contributed by atoms with Gasteiger partial charge in [0.15, 0.2) is 8.07 Å². The van der Waals surface area contributed by atoms with E-state index in [2.05, 4.69) is 273 Å². The molecule has 9 aromatic rings. The Morgan fingerprint density at radius 3 is 0.731 bits per heavy atom. The maximum atomic E-state index is 2.68. The summed E-state index contributed by atoms with van der Waals surface area (Å²) in [5.41, 5.74) is 23.0. The lowest BCUT2D eigenvalue weighted by molar-refractivity contribution is 0.869. The maximum Gasteiger partial charge on any atom is 0.162 e. The zero-order valence-corrected chi connectivity index (χ0v) is 40.9. The molecule has 1 aliphatic rings. The van der Waals surface area contributed by atoms with Crippen LogP contribution >= 0.6 is 0 Å². The fourth-order valence-electron chi connectivity index (χ4n) is 11.5. The highest BCUT2D eigenvalue weighted by atomic mass is 28.3. The zero-order chi connectivity index (χ0) is 46.3. The Kier molecular flexibility index (Phi) is 11.6. The van der Waals surface area contributed by atoms with Gasteiger partial charge in [0, 0.05) is 5.04 Å². The first-order valence-corrected chi connectivity index (χ1v) is 25.8. The summed E-state index contributed by atoms with van der Waals surface area (Å²) in [6, 6.07) is 81.8. The third-order valence-electron chi connectivity index (χ3n) is 15.0. The molecule has 0 N–H and O–H groups in total. The van der Waals surface area contributed by atoms with E-state index in [1.165, 1.54) is 116 Å². The Hall–Kier alpha value is -7.32. The highest BCUT2D eigenvalue weighted by Crippen LogP contribution is 2.55. The van der Waals surface area contributed by atoms with E-state index in [-0.39, 0.29) is 5.04 Å². The van der Waals surface area contributed by atoms with E-state index < -0.39 is 8.07 Å². The first-order chi connectivity index (χ1) is 32.6. The number of aryl methyl sites for hydroxylation is 3. The van der Waals surface area contributed by atoms with Crippen molar-refractivity contribution in [3.63, 3.8) is 0 Å². The second-order valence-electron chi connectivity index (χ2n) is 18.9. The van der Waals surface area contributed by atoms with E-state index in [1.807, 2.05) is 0 Å². The molecule has 9 aromatic carbocycles. The van der Waals surface area contributed by atoms with Crippen molar-refractivity contribution in [2.45, 2.75) is 53.5 Å². The minimum Gasteiger partial charge on any atom is -0.0730 e. The average molecular weight is 879 g/mol. The van der Waals surface area contributed by atoms with Crippen molar-refractivity contribution in [2.24, 2.45) is 0 Å². The number of hydrogen-bond donors (Lipinski definition) is 0. The van der Waals surface area contributed by atoms with Crippen molar-refractivity contribution >= 4 is 23.6 Å². The molecule has 0 heterocycles. The van der Waals surface area contributed by atoms with Crippen LogP contribution in [0.4, 0.5) is 0 Å². The molecule has 0 nitrogen and oxygen atoms in total. The van der Waals surface area contributed by atoms with Crippen molar-refractivity contribution in [1.82, 2.24) is 0 Å². The summed E-state index contributed by atoms with van der Waals surface area (Å²) in [4.78, 5) is 0. The van der Waals surface area contributed by atoms with Gasteiger partial charge in [0.25, 0.3) is 0 Å². The number of allylic oxidation sites excluding steroid dienone is 4. The Morgan fingerprint density at radius 1 is 0.299 bits per heavy atom. The van der Waals surface area contributed by atoms with Crippen LogP contribution in [0.2, 0.25) is 5.04 Å². The van der Waals surface area contributed by atoms with Gasteiger partial charge in [-0.05, 0) is 129 Å². The van der Waals surface area contributed by atoms with Crippen molar-refractivity contribution in [3.05, 3.63) is 258 Å². The van der Waals surface area contributed by atoms with Gasteiger partial charge in [-0.1, -0.05) is 259 Å². The second kappa shape index (κ2) is 17.8. The van der Waals surface area contributed by atoms with E-state index in [0.717, 1.165) is 0 Å². The van der Waals surface area contributed by atoms with Crippen LogP contribution in [0.1, 0.15) is 44.4 Å². The molecule has 0 aliphatic heterocycles. The summed E-state index contributed by atoms with van der Waals surface area (Å²) in [6.07, 6.45) is 2.68. The molecule has 0 fully saturated rings. The lowest BCUT2D eigenvalue weighted by atomic mass is 9.92. The standard InChI is InChI=1S/C66H58Si/c1-45-38-57(51-26-14-8-15-27-51)60(54-32-20-11-21-33-54)41-63(45)67(66(7)44-48(4)49(5)50(66)6,64-42-61(55-34-22-12-23-35-55)58(39-46(64)2)52-28-16-9-17-29-52)65-43-62(56-36-24-13-25-37-56)59(40-47(65)3)53-30-18-10-19-31-53/h8-44H,1-7H3. The van der Waals surface area contributed by atoms with Crippen LogP contribution in [0, 0.1) is 20.8 Å². The third kappa shape index (κ3) is 7.49. The minimum absolute atomic E-state index is 0.381. The smallest absolute Gasteiger partial charge is 0.0730 e. The van der Waals surface area contributed by atoms with Crippen LogP contribution in [0.5, 0.6) is 0 Å². The van der Waals surface area contributed by atoms with Crippen molar-refractivity contribution in [3.8, 4) is 66.8 Å².